The largest absolute Gasteiger partial charge is 0.497 e. The smallest absolute Gasteiger partial charge is 0.242 e. The summed E-state index contributed by atoms with van der Waals surface area (Å²) in [6, 6.07) is 14.9. The third-order valence-electron chi connectivity index (χ3n) is 5.50. The van der Waals surface area contributed by atoms with Gasteiger partial charge in [0.1, 0.15) is 17.5 Å². The van der Waals surface area contributed by atoms with E-state index in [9.17, 15) is 9.59 Å². The molecule has 0 saturated heterocycles. The number of hydrogen-bond donors (Lipinski definition) is 1. The first-order valence-electron chi connectivity index (χ1n) is 11.3. The highest BCUT2D eigenvalue weighted by Crippen LogP contribution is 2.18. The van der Waals surface area contributed by atoms with Gasteiger partial charge in [-0.3, -0.25) is 9.59 Å². The summed E-state index contributed by atoms with van der Waals surface area (Å²) in [6.07, 6.45) is 1.71. The van der Waals surface area contributed by atoms with E-state index in [1.54, 1.807) is 18.9 Å². The van der Waals surface area contributed by atoms with Crippen LogP contribution < -0.4 is 14.8 Å². The van der Waals surface area contributed by atoms with Gasteiger partial charge in [-0.25, -0.2) is 0 Å². The van der Waals surface area contributed by atoms with Crippen molar-refractivity contribution in [1.29, 1.82) is 0 Å². The Kier molecular flexibility index (Phi) is 10.1. The number of carbonyl (C=O) groups is 2. The van der Waals surface area contributed by atoms with Crippen molar-refractivity contribution in [2.24, 2.45) is 0 Å². The molecule has 2 amide bonds. The van der Waals surface area contributed by atoms with Gasteiger partial charge in [-0.15, -0.1) is 0 Å². The molecule has 0 heterocycles. The second kappa shape index (κ2) is 12.7. The van der Waals surface area contributed by atoms with Gasteiger partial charge in [0.25, 0.3) is 0 Å². The molecule has 0 unspecified atom stereocenters. The maximum Gasteiger partial charge on any atom is 0.242 e. The Morgan fingerprint density at radius 2 is 1.62 bits per heavy atom. The zero-order chi connectivity index (χ0) is 23.5. The number of hydrogen-bond acceptors (Lipinski definition) is 4. The van der Waals surface area contributed by atoms with Gasteiger partial charge in [0.05, 0.1) is 13.7 Å². The Morgan fingerprint density at radius 3 is 2.22 bits per heavy atom. The topological polar surface area (TPSA) is 67.9 Å². The molecule has 2 aromatic rings. The van der Waals surface area contributed by atoms with Gasteiger partial charge in [-0.2, -0.15) is 0 Å². The number of amides is 2. The number of carbonyl (C=O) groups excluding carboxylic acids is 2. The van der Waals surface area contributed by atoms with Crippen LogP contribution in [0.1, 0.15) is 51.2 Å². The molecule has 2 rings (SSSR count). The van der Waals surface area contributed by atoms with Crippen LogP contribution in [-0.4, -0.2) is 42.5 Å². The fourth-order valence-corrected chi connectivity index (χ4v) is 3.17. The summed E-state index contributed by atoms with van der Waals surface area (Å²) in [5.41, 5.74) is 2.16. The minimum atomic E-state index is -0.555. The minimum absolute atomic E-state index is 0.0595. The van der Waals surface area contributed by atoms with Gasteiger partial charge in [0.15, 0.2) is 0 Å². The first kappa shape index (κ1) is 25.2. The normalized spacial score (nSPS) is 12.5. The van der Waals surface area contributed by atoms with Gasteiger partial charge >= 0.3 is 0 Å². The Bertz CT molecular complexity index is 849. The van der Waals surface area contributed by atoms with Crippen molar-refractivity contribution in [3.8, 4) is 11.5 Å². The number of nitrogens with zero attached hydrogens (tertiary/aromatic N) is 1. The first-order valence-corrected chi connectivity index (χ1v) is 11.3. The molecule has 0 aromatic heterocycles. The number of ether oxygens (including phenoxy) is 2. The quantitative estimate of drug-likeness (QED) is 0.494. The zero-order valence-electron chi connectivity index (χ0n) is 19.9. The van der Waals surface area contributed by atoms with Crippen molar-refractivity contribution in [3.05, 3.63) is 59.7 Å². The summed E-state index contributed by atoms with van der Waals surface area (Å²) in [5, 5.41) is 2.99. The van der Waals surface area contributed by atoms with Gasteiger partial charge in [-0.05, 0) is 63.4 Å². The number of methoxy groups -OCH3 is 1. The molecular weight excluding hydrogens is 404 g/mol. The summed E-state index contributed by atoms with van der Waals surface area (Å²) >= 11 is 0. The number of benzene rings is 2. The number of aryl methyl sites for hydroxylation is 1. The molecule has 174 valence electrons. The number of rotatable bonds is 12. The van der Waals surface area contributed by atoms with Crippen molar-refractivity contribution in [2.75, 3.05) is 13.7 Å². The predicted molar refractivity (Wildman–Crippen MR) is 127 cm³/mol. The van der Waals surface area contributed by atoms with Crippen LogP contribution in [0.2, 0.25) is 0 Å². The second-order valence-electron chi connectivity index (χ2n) is 8.13. The van der Waals surface area contributed by atoms with Gasteiger partial charge in [0.2, 0.25) is 11.8 Å². The highest BCUT2D eigenvalue weighted by atomic mass is 16.5. The third-order valence-corrected chi connectivity index (χ3v) is 5.50. The van der Waals surface area contributed by atoms with E-state index < -0.39 is 6.04 Å². The predicted octanol–water partition coefficient (Wildman–Crippen LogP) is 4.49. The van der Waals surface area contributed by atoms with Crippen LogP contribution in [0.15, 0.2) is 48.5 Å². The monoisotopic (exact) mass is 440 g/mol. The van der Waals surface area contributed by atoms with Crippen LogP contribution in [0.25, 0.3) is 0 Å². The number of nitrogens with one attached hydrogen (secondary N) is 1. The minimum Gasteiger partial charge on any atom is -0.497 e. The van der Waals surface area contributed by atoms with Gasteiger partial charge in [0, 0.05) is 19.0 Å². The Morgan fingerprint density at radius 1 is 1.00 bits per heavy atom. The van der Waals surface area contributed by atoms with Crippen LogP contribution in [-0.2, 0) is 16.1 Å². The molecule has 2 aromatic carbocycles. The zero-order valence-corrected chi connectivity index (χ0v) is 19.9. The highest BCUT2D eigenvalue weighted by Gasteiger charge is 2.26. The van der Waals surface area contributed by atoms with Gasteiger partial charge < -0.3 is 19.7 Å². The summed E-state index contributed by atoms with van der Waals surface area (Å²) in [7, 11) is 1.62. The van der Waals surface area contributed by atoms with E-state index in [1.165, 1.54) is 0 Å². The van der Waals surface area contributed by atoms with Gasteiger partial charge in [-0.1, -0.05) is 36.8 Å². The van der Waals surface area contributed by atoms with E-state index in [-0.39, 0.29) is 17.9 Å². The van der Waals surface area contributed by atoms with E-state index in [1.807, 2.05) is 69.3 Å². The van der Waals surface area contributed by atoms with E-state index in [2.05, 4.69) is 5.32 Å². The SMILES string of the molecule is CC[C@H](C)NC(=O)[C@H](C)N(Cc1ccc(C)cc1)C(=O)CCCOc1ccc(OC)cc1. The Hall–Kier alpha value is -3.02. The molecule has 0 bridgehead atoms. The van der Waals surface area contributed by atoms with Crippen LogP contribution in [0.4, 0.5) is 0 Å². The highest BCUT2D eigenvalue weighted by molar-refractivity contribution is 5.87. The van der Waals surface area contributed by atoms with Crippen molar-refractivity contribution >= 4 is 11.8 Å². The average molecular weight is 441 g/mol. The van der Waals surface area contributed by atoms with Crippen LogP contribution in [0.5, 0.6) is 11.5 Å². The molecule has 32 heavy (non-hydrogen) atoms. The average Bonchev–Trinajstić information content (AvgIpc) is 2.81. The Balaban J connectivity index is 1.98. The van der Waals surface area contributed by atoms with E-state index in [0.717, 1.165) is 29.0 Å². The molecule has 6 heteroatoms. The van der Waals surface area contributed by atoms with E-state index in [0.29, 0.717) is 26.0 Å². The first-order chi connectivity index (χ1) is 15.3. The lowest BCUT2D eigenvalue weighted by Crippen LogP contribution is -2.49. The Labute approximate surface area is 191 Å². The lowest BCUT2D eigenvalue weighted by atomic mass is 10.1. The van der Waals surface area contributed by atoms with E-state index >= 15 is 0 Å². The molecule has 0 aliphatic rings. The summed E-state index contributed by atoms with van der Waals surface area (Å²) in [6.45, 7) is 8.62. The fraction of sp³-hybridized carbons (Fsp3) is 0.462. The lowest BCUT2D eigenvalue weighted by Gasteiger charge is -2.30. The molecule has 0 aliphatic carbocycles. The maximum atomic E-state index is 13.1. The van der Waals surface area contributed by atoms with Crippen LogP contribution in [0.3, 0.4) is 0 Å². The van der Waals surface area contributed by atoms with E-state index in [4.69, 9.17) is 9.47 Å². The summed E-state index contributed by atoms with van der Waals surface area (Å²) in [4.78, 5) is 27.5. The standard InChI is InChI=1S/C26H36N2O4/c1-6-20(3)27-26(30)21(4)28(18-22-11-9-19(2)10-12-22)25(29)8-7-17-32-24-15-13-23(31-5)14-16-24/h9-16,20-21H,6-8,17-18H2,1-5H3,(H,27,30)/t20-,21-/m0/s1. The molecule has 2 atom stereocenters. The molecule has 0 saturated carbocycles. The fourth-order valence-electron chi connectivity index (χ4n) is 3.17. The molecule has 6 nitrogen and oxygen atoms in total. The molecule has 0 fully saturated rings. The molecule has 0 aliphatic heterocycles. The second-order valence-corrected chi connectivity index (χ2v) is 8.13. The van der Waals surface area contributed by atoms with Crippen LogP contribution >= 0.6 is 0 Å². The third kappa shape index (κ3) is 7.91. The van der Waals surface area contributed by atoms with Crippen LogP contribution in [0, 0.1) is 6.92 Å². The molecular formula is C26H36N2O4. The van der Waals surface area contributed by atoms with Crippen molar-refractivity contribution in [3.63, 3.8) is 0 Å². The van der Waals surface area contributed by atoms with Crippen molar-refractivity contribution < 1.29 is 19.1 Å². The maximum absolute atomic E-state index is 13.1. The van der Waals surface area contributed by atoms with Crippen molar-refractivity contribution in [1.82, 2.24) is 10.2 Å². The summed E-state index contributed by atoms with van der Waals surface area (Å²) < 4.78 is 10.9. The molecule has 0 spiro atoms. The molecule has 1 N–H and O–H groups in total. The summed E-state index contributed by atoms with van der Waals surface area (Å²) in [5.74, 6) is 1.31. The molecule has 0 radical (unpaired) electrons. The van der Waals surface area contributed by atoms with Crippen molar-refractivity contribution in [2.45, 2.75) is 65.6 Å². The lowest BCUT2D eigenvalue weighted by molar-refractivity contribution is -0.141.